The minimum atomic E-state index is 0.381. The lowest BCUT2D eigenvalue weighted by Crippen LogP contribution is -2.01. The highest BCUT2D eigenvalue weighted by molar-refractivity contribution is 5.36. The number of rotatable bonds is 4. The number of aryl methyl sites for hydroxylation is 1. The van der Waals surface area contributed by atoms with Crippen molar-refractivity contribution >= 4 is 0 Å². The number of aromatic hydroxyl groups is 1. The van der Waals surface area contributed by atoms with Crippen molar-refractivity contribution in [1.82, 2.24) is 0 Å². The first-order chi connectivity index (χ1) is 8.70. The fourth-order valence-corrected chi connectivity index (χ4v) is 2.35. The molecule has 2 aromatic carbocycles. The first-order valence-electron chi connectivity index (χ1n) is 6.54. The van der Waals surface area contributed by atoms with Crippen LogP contribution in [0.5, 0.6) is 5.75 Å². The van der Waals surface area contributed by atoms with Gasteiger partial charge in [-0.1, -0.05) is 49.4 Å². The van der Waals surface area contributed by atoms with Crippen LogP contribution in [0.4, 0.5) is 0 Å². The molecule has 1 unspecified atom stereocenters. The maximum Gasteiger partial charge on any atom is 0.118 e. The van der Waals surface area contributed by atoms with E-state index in [9.17, 15) is 5.11 Å². The molecule has 0 aliphatic rings. The van der Waals surface area contributed by atoms with Gasteiger partial charge in [-0.05, 0) is 48.4 Å². The Hall–Kier alpha value is -1.76. The van der Waals surface area contributed by atoms with Crippen LogP contribution in [0.1, 0.15) is 36.0 Å². The third-order valence-corrected chi connectivity index (χ3v) is 3.51. The molecule has 2 aromatic rings. The normalized spacial score (nSPS) is 12.3. The largest absolute Gasteiger partial charge is 0.508 e. The predicted molar refractivity (Wildman–Crippen MR) is 76.0 cm³/mol. The number of hydrogen-bond donors (Lipinski definition) is 1. The molecule has 0 aliphatic heterocycles. The van der Waals surface area contributed by atoms with Gasteiger partial charge in [0.2, 0.25) is 0 Å². The average Bonchev–Trinajstić information content (AvgIpc) is 2.41. The molecule has 0 fully saturated rings. The Kier molecular flexibility index (Phi) is 4.03. The fourth-order valence-electron chi connectivity index (χ4n) is 2.35. The average molecular weight is 240 g/mol. The van der Waals surface area contributed by atoms with Gasteiger partial charge in [-0.25, -0.2) is 0 Å². The van der Waals surface area contributed by atoms with Crippen molar-refractivity contribution in [2.45, 2.75) is 32.6 Å². The van der Waals surface area contributed by atoms with Crippen LogP contribution < -0.4 is 0 Å². The zero-order valence-electron chi connectivity index (χ0n) is 11.1. The van der Waals surface area contributed by atoms with Crippen LogP contribution >= 0.6 is 0 Å². The van der Waals surface area contributed by atoms with E-state index in [1.165, 1.54) is 11.1 Å². The molecule has 1 atom stereocenters. The van der Waals surface area contributed by atoms with Crippen molar-refractivity contribution in [1.29, 1.82) is 0 Å². The maximum absolute atomic E-state index is 9.55. The van der Waals surface area contributed by atoms with E-state index in [0.29, 0.717) is 11.7 Å². The topological polar surface area (TPSA) is 20.2 Å². The van der Waals surface area contributed by atoms with Crippen molar-refractivity contribution in [2.75, 3.05) is 0 Å². The molecule has 2 rings (SSSR count). The van der Waals surface area contributed by atoms with E-state index >= 15 is 0 Å². The molecule has 0 aromatic heterocycles. The van der Waals surface area contributed by atoms with Gasteiger partial charge in [0.15, 0.2) is 0 Å². The monoisotopic (exact) mass is 240 g/mol. The van der Waals surface area contributed by atoms with E-state index in [1.54, 1.807) is 6.07 Å². The van der Waals surface area contributed by atoms with Crippen molar-refractivity contribution in [3.63, 3.8) is 0 Å². The van der Waals surface area contributed by atoms with Gasteiger partial charge in [-0.3, -0.25) is 0 Å². The van der Waals surface area contributed by atoms with Gasteiger partial charge in [0, 0.05) is 0 Å². The summed E-state index contributed by atoms with van der Waals surface area (Å²) in [5, 5.41) is 9.55. The number of hydrogen-bond acceptors (Lipinski definition) is 1. The molecule has 0 aliphatic carbocycles. The highest BCUT2D eigenvalue weighted by Gasteiger charge is 2.10. The van der Waals surface area contributed by atoms with Crippen LogP contribution in [0, 0.1) is 6.92 Å². The molecular formula is C17H20O. The summed E-state index contributed by atoms with van der Waals surface area (Å²) in [6.07, 6.45) is 2.16. The molecule has 1 heteroatoms. The zero-order chi connectivity index (χ0) is 13.0. The van der Waals surface area contributed by atoms with E-state index < -0.39 is 0 Å². The molecule has 0 amide bonds. The highest BCUT2D eigenvalue weighted by atomic mass is 16.3. The first kappa shape index (κ1) is 12.7. The van der Waals surface area contributed by atoms with Gasteiger partial charge < -0.3 is 5.11 Å². The first-order valence-corrected chi connectivity index (χ1v) is 6.54. The summed E-state index contributed by atoms with van der Waals surface area (Å²) in [7, 11) is 0. The molecule has 0 heterocycles. The lowest BCUT2D eigenvalue weighted by molar-refractivity contribution is 0.470. The molecule has 0 saturated heterocycles. The molecule has 18 heavy (non-hydrogen) atoms. The van der Waals surface area contributed by atoms with E-state index in [2.05, 4.69) is 43.3 Å². The standard InChI is InChI=1S/C17H20O/c1-3-15(16-7-5-4-6-8-16)12-14-9-10-17(18)13(2)11-14/h4-11,15,18H,3,12H2,1-2H3. The molecule has 0 bridgehead atoms. The quantitative estimate of drug-likeness (QED) is 0.837. The second-order valence-corrected chi connectivity index (χ2v) is 4.84. The smallest absolute Gasteiger partial charge is 0.118 e. The summed E-state index contributed by atoms with van der Waals surface area (Å²) in [6, 6.07) is 16.5. The fraction of sp³-hybridized carbons (Fsp3) is 0.294. The van der Waals surface area contributed by atoms with Crippen LogP contribution in [-0.2, 0) is 6.42 Å². The Bertz CT molecular complexity index is 502. The van der Waals surface area contributed by atoms with Crippen LogP contribution in [0.2, 0.25) is 0 Å². The van der Waals surface area contributed by atoms with Crippen molar-refractivity contribution in [2.24, 2.45) is 0 Å². The van der Waals surface area contributed by atoms with Gasteiger partial charge in [-0.15, -0.1) is 0 Å². The minimum Gasteiger partial charge on any atom is -0.508 e. The zero-order valence-corrected chi connectivity index (χ0v) is 11.1. The SMILES string of the molecule is CCC(Cc1ccc(O)c(C)c1)c1ccccc1. The van der Waals surface area contributed by atoms with Crippen LogP contribution in [0.15, 0.2) is 48.5 Å². The second kappa shape index (κ2) is 5.72. The Morgan fingerprint density at radius 3 is 2.39 bits per heavy atom. The molecule has 0 radical (unpaired) electrons. The summed E-state index contributed by atoms with van der Waals surface area (Å²) < 4.78 is 0. The maximum atomic E-state index is 9.55. The number of phenolic OH excluding ortho intramolecular Hbond substituents is 1. The van der Waals surface area contributed by atoms with Gasteiger partial charge in [0.1, 0.15) is 5.75 Å². The third kappa shape index (κ3) is 2.92. The Balaban J connectivity index is 2.18. The van der Waals surface area contributed by atoms with Crippen molar-refractivity contribution in [3.8, 4) is 5.75 Å². The highest BCUT2D eigenvalue weighted by Crippen LogP contribution is 2.26. The van der Waals surface area contributed by atoms with Gasteiger partial charge in [0.05, 0.1) is 0 Å². The summed E-state index contributed by atoms with van der Waals surface area (Å²) in [5.41, 5.74) is 3.64. The Morgan fingerprint density at radius 1 is 1.06 bits per heavy atom. The van der Waals surface area contributed by atoms with Crippen molar-refractivity contribution in [3.05, 3.63) is 65.2 Å². The molecule has 1 nitrogen and oxygen atoms in total. The third-order valence-electron chi connectivity index (χ3n) is 3.51. The second-order valence-electron chi connectivity index (χ2n) is 4.84. The lowest BCUT2D eigenvalue weighted by Gasteiger charge is -2.16. The summed E-state index contributed by atoms with van der Waals surface area (Å²) in [4.78, 5) is 0. The van der Waals surface area contributed by atoms with E-state index in [-0.39, 0.29) is 0 Å². The summed E-state index contributed by atoms with van der Waals surface area (Å²) >= 11 is 0. The molecule has 0 spiro atoms. The lowest BCUT2D eigenvalue weighted by atomic mass is 9.89. The molecule has 1 N–H and O–H groups in total. The van der Waals surface area contributed by atoms with E-state index in [4.69, 9.17) is 0 Å². The van der Waals surface area contributed by atoms with E-state index in [1.807, 2.05) is 13.0 Å². The van der Waals surface area contributed by atoms with Gasteiger partial charge in [0.25, 0.3) is 0 Å². The molecule has 0 saturated carbocycles. The predicted octanol–water partition coefficient (Wildman–Crippen LogP) is 4.44. The van der Waals surface area contributed by atoms with Crippen LogP contribution in [0.3, 0.4) is 0 Å². The summed E-state index contributed by atoms with van der Waals surface area (Å²) in [6.45, 7) is 4.17. The Morgan fingerprint density at radius 2 is 1.78 bits per heavy atom. The number of phenols is 1. The van der Waals surface area contributed by atoms with Crippen LogP contribution in [0.25, 0.3) is 0 Å². The molecular weight excluding hydrogens is 220 g/mol. The van der Waals surface area contributed by atoms with Gasteiger partial charge in [-0.2, -0.15) is 0 Å². The van der Waals surface area contributed by atoms with E-state index in [0.717, 1.165) is 18.4 Å². The number of benzene rings is 2. The minimum absolute atomic E-state index is 0.381. The van der Waals surface area contributed by atoms with Crippen LogP contribution in [-0.4, -0.2) is 5.11 Å². The van der Waals surface area contributed by atoms with Crippen molar-refractivity contribution < 1.29 is 5.11 Å². The Labute approximate surface area is 109 Å². The van der Waals surface area contributed by atoms with Gasteiger partial charge >= 0.3 is 0 Å². The summed E-state index contributed by atoms with van der Waals surface area (Å²) in [5.74, 6) is 0.932. The molecule has 94 valence electrons.